The Labute approximate surface area is 198 Å². The smallest absolute Gasteiger partial charge is 0.225 e. The maximum Gasteiger partial charge on any atom is 0.225 e. The van der Waals surface area contributed by atoms with E-state index in [4.69, 9.17) is 14.5 Å². The molecular formula is C24H31N7O3. The summed E-state index contributed by atoms with van der Waals surface area (Å²) in [7, 11) is 1.62. The highest BCUT2D eigenvalue weighted by molar-refractivity contribution is 5.86. The van der Waals surface area contributed by atoms with E-state index < -0.39 is 0 Å². The minimum Gasteiger partial charge on any atom is -0.481 e. The number of pyridine rings is 1. The first-order valence-corrected chi connectivity index (χ1v) is 11.9. The Morgan fingerprint density at radius 2 is 2.06 bits per heavy atom. The van der Waals surface area contributed by atoms with E-state index >= 15 is 0 Å². The van der Waals surface area contributed by atoms with Crippen LogP contribution in [0, 0.1) is 12.8 Å². The Kier molecular flexibility index (Phi) is 6.32. The van der Waals surface area contributed by atoms with Gasteiger partial charge in [0.15, 0.2) is 17.0 Å². The first-order valence-electron chi connectivity index (χ1n) is 11.9. The molecule has 2 aliphatic rings. The van der Waals surface area contributed by atoms with E-state index in [1.165, 1.54) is 0 Å². The standard InChI is InChI=1S/C24H31N7O3/c1-4-31-21(17-11-15(2)23(33-3)25-12-17)29-19-20(26-14-27-22(19)31)28-18-5-8-30(13-18)24(32)16-6-9-34-10-7-16/h11-12,14,16,18H,4-10,13H2,1-3H3,(H,26,27,28)/t18-/m0/s1. The summed E-state index contributed by atoms with van der Waals surface area (Å²) in [5.41, 5.74) is 3.34. The average molecular weight is 466 g/mol. The SMILES string of the molecule is CCn1c(-c2cnc(OC)c(C)c2)nc2c(N[C@H]3CCN(C(=O)C4CCOCC4)C3)ncnc21. The van der Waals surface area contributed by atoms with E-state index in [9.17, 15) is 4.79 Å². The van der Waals surface area contributed by atoms with Crippen molar-refractivity contribution >= 4 is 22.9 Å². The molecule has 10 nitrogen and oxygen atoms in total. The summed E-state index contributed by atoms with van der Waals surface area (Å²) >= 11 is 0. The molecule has 0 aliphatic carbocycles. The van der Waals surface area contributed by atoms with Gasteiger partial charge in [0.1, 0.15) is 12.2 Å². The highest BCUT2D eigenvalue weighted by Gasteiger charge is 2.32. The van der Waals surface area contributed by atoms with E-state index in [1.54, 1.807) is 19.6 Å². The van der Waals surface area contributed by atoms with Crippen molar-refractivity contribution in [3.63, 3.8) is 0 Å². The first-order chi connectivity index (χ1) is 16.6. The number of ether oxygens (including phenoxy) is 2. The number of imidazole rings is 1. The summed E-state index contributed by atoms with van der Waals surface area (Å²) in [6.07, 6.45) is 5.85. The number of carbonyl (C=O) groups is 1. The van der Waals surface area contributed by atoms with Crippen LogP contribution in [0.2, 0.25) is 0 Å². The van der Waals surface area contributed by atoms with Crippen molar-refractivity contribution in [1.29, 1.82) is 0 Å². The molecule has 0 aromatic carbocycles. The highest BCUT2D eigenvalue weighted by Crippen LogP contribution is 2.30. The molecule has 1 N–H and O–H groups in total. The number of hydrogen-bond donors (Lipinski definition) is 1. The van der Waals surface area contributed by atoms with Gasteiger partial charge in [0.25, 0.3) is 0 Å². The normalized spacial score (nSPS) is 19.0. The van der Waals surface area contributed by atoms with Gasteiger partial charge in [0.05, 0.1) is 7.11 Å². The second-order valence-corrected chi connectivity index (χ2v) is 8.93. The predicted octanol–water partition coefficient (Wildman–Crippen LogP) is 2.66. The largest absolute Gasteiger partial charge is 0.481 e. The molecule has 0 unspecified atom stereocenters. The summed E-state index contributed by atoms with van der Waals surface area (Å²) in [6, 6.07) is 2.15. The second-order valence-electron chi connectivity index (χ2n) is 8.93. The van der Waals surface area contributed by atoms with Crippen molar-refractivity contribution in [3.8, 4) is 17.3 Å². The van der Waals surface area contributed by atoms with Crippen LogP contribution in [0.3, 0.4) is 0 Å². The van der Waals surface area contributed by atoms with Crippen molar-refractivity contribution < 1.29 is 14.3 Å². The number of anilines is 1. The van der Waals surface area contributed by atoms with E-state index in [0.29, 0.717) is 38.0 Å². The number of likely N-dealkylation sites (tertiary alicyclic amines) is 1. The van der Waals surface area contributed by atoms with Crippen LogP contribution in [0.1, 0.15) is 31.7 Å². The lowest BCUT2D eigenvalue weighted by atomic mass is 9.99. The molecule has 1 amide bonds. The Morgan fingerprint density at radius 1 is 1.24 bits per heavy atom. The zero-order valence-electron chi connectivity index (χ0n) is 20.0. The van der Waals surface area contributed by atoms with Gasteiger partial charge in [-0.3, -0.25) is 4.79 Å². The van der Waals surface area contributed by atoms with Crippen LogP contribution in [0.15, 0.2) is 18.6 Å². The molecule has 5 heterocycles. The Hall–Kier alpha value is -3.27. The number of hydrogen-bond acceptors (Lipinski definition) is 8. The number of rotatable bonds is 6. The summed E-state index contributed by atoms with van der Waals surface area (Å²) in [5.74, 6) is 2.43. The number of methoxy groups -OCH3 is 1. The minimum absolute atomic E-state index is 0.0858. The maximum absolute atomic E-state index is 12.9. The van der Waals surface area contributed by atoms with Gasteiger partial charge < -0.3 is 24.3 Å². The van der Waals surface area contributed by atoms with Crippen molar-refractivity contribution in [2.24, 2.45) is 5.92 Å². The number of amides is 1. The second kappa shape index (κ2) is 9.54. The van der Waals surface area contributed by atoms with Crippen LogP contribution < -0.4 is 10.1 Å². The van der Waals surface area contributed by atoms with E-state index in [2.05, 4.69) is 31.8 Å². The molecular weight excluding hydrogens is 434 g/mol. The third kappa shape index (κ3) is 4.18. The van der Waals surface area contributed by atoms with Gasteiger partial charge in [0.2, 0.25) is 11.8 Å². The van der Waals surface area contributed by atoms with Gasteiger partial charge in [-0.05, 0) is 39.2 Å². The maximum atomic E-state index is 12.9. The van der Waals surface area contributed by atoms with Crippen molar-refractivity contribution in [1.82, 2.24) is 29.4 Å². The van der Waals surface area contributed by atoms with Crippen molar-refractivity contribution in [3.05, 3.63) is 24.2 Å². The molecule has 0 spiro atoms. The molecule has 1 atom stereocenters. The number of nitrogens with zero attached hydrogens (tertiary/aromatic N) is 6. The molecule has 0 bridgehead atoms. The van der Waals surface area contributed by atoms with Crippen molar-refractivity contribution in [2.45, 2.75) is 45.7 Å². The lowest BCUT2D eigenvalue weighted by Gasteiger charge is -2.26. The summed E-state index contributed by atoms with van der Waals surface area (Å²) < 4.78 is 12.8. The number of aryl methyl sites for hydroxylation is 2. The minimum atomic E-state index is 0.0858. The zero-order chi connectivity index (χ0) is 23.7. The summed E-state index contributed by atoms with van der Waals surface area (Å²) in [4.78, 5) is 33.3. The van der Waals surface area contributed by atoms with Gasteiger partial charge >= 0.3 is 0 Å². The number of nitrogens with one attached hydrogen (secondary N) is 1. The average Bonchev–Trinajstić information content (AvgIpc) is 3.49. The molecule has 10 heteroatoms. The molecule has 2 aliphatic heterocycles. The van der Waals surface area contributed by atoms with E-state index in [-0.39, 0.29) is 17.9 Å². The van der Waals surface area contributed by atoms with E-state index in [1.807, 2.05) is 17.9 Å². The summed E-state index contributed by atoms with van der Waals surface area (Å²) in [5, 5.41) is 3.54. The predicted molar refractivity (Wildman–Crippen MR) is 128 cm³/mol. The molecule has 34 heavy (non-hydrogen) atoms. The molecule has 0 saturated carbocycles. The van der Waals surface area contributed by atoms with E-state index in [0.717, 1.165) is 53.9 Å². The lowest BCUT2D eigenvalue weighted by Crippen LogP contribution is -2.38. The van der Waals surface area contributed by atoms with Crippen molar-refractivity contribution in [2.75, 3.05) is 38.7 Å². The fourth-order valence-corrected chi connectivity index (χ4v) is 4.93. The van der Waals surface area contributed by atoms with Crippen LogP contribution >= 0.6 is 0 Å². The lowest BCUT2D eigenvalue weighted by molar-refractivity contribution is -0.137. The van der Waals surface area contributed by atoms with Gasteiger partial charge in [-0.25, -0.2) is 19.9 Å². The third-order valence-corrected chi connectivity index (χ3v) is 6.74. The van der Waals surface area contributed by atoms with Crippen LogP contribution in [0.25, 0.3) is 22.6 Å². The zero-order valence-corrected chi connectivity index (χ0v) is 20.0. The van der Waals surface area contributed by atoms with Gasteiger partial charge in [-0.15, -0.1) is 0 Å². The first kappa shape index (κ1) is 22.5. The number of fused-ring (bicyclic) bond motifs is 1. The summed E-state index contributed by atoms with van der Waals surface area (Å²) in [6.45, 7) is 7.53. The Balaban J connectivity index is 1.38. The quantitative estimate of drug-likeness (QED) is 0.592. The number of carbonyl (C=O) groups excluding carboxylic acids is 1. The highest BCUT2D eigenvalue weighted by atomic mass is 16.5. The molecule has 3 aromatic heterocycles. The topological polar surface area (TPSA) is 107 Å². The fourth-order valence-electron chi connectivity index (χ4n) is 4.93. The molecule has 2 fully saturated rings. The molecule has 180 valence electrons. The number of aromatic nitrogens is 5. The fraction of sp³-hybridized carbons (Fsp3) is 0.542. The molecule has 5 rings (SSSR count). The third-order valence-electron chi connectivity index (χ3n) is 6.74. The molecule has 3 aromatic rings. The van der Waals surface area contributed by atoms with Gasteiger partial charge in [0, 0.05) is 62.1 Å². The monoisotopic (exact) mass is 465 g/mol. The van der Waals surface area contributed by atoms with Gasteiger partial charge in [-0.1, -0.05) is 0 Å². The Bertz CT molecular complexity index is 1190. The van der Waals surface area contributed by atoms with Crippen LogP contribution in [-0.2, 0) is 16.1 Å². The molecule has 0 radical (unpaired) electrons. The van der Waals surface area contributed by atoms with Crippen LogP contribution in [-0.4, -0.2) is 74.8 Å². The van der Waals surface area contributed by atoms with Crippen LogP contribution in [0.5, 0.6) is 5.88 Å². The van der Waals surface area contributed by atoms with Crippen LogP contribution in [0.4, 0.5) is 5.82 Å². The van der Waals surface area contributed by atoms with Gasteiger partial charge in [-0.2, -0.15) is 0 Å². The Morgan fingerprint density at radius 3 is 2.79 bits per heavy atom. The molecule has 2 saturated heterocycles.